The minimum atomic E-state index is -0.683. The monoisotopic (exact) mass is 369 g/mol. The van der Waals surface area contributed by atoms with Crippen molar-refractivity contribution < 1.29 is 24.2 Å². The van der Waals surface area contributed by atoms with Gasteiger partial charge in [0.25, 0.3) is 0 Å². The summed E-state index contributed by atoms with van der Waals surface area (Å²) in [5.74, 6) is -0.148. The smallest absolute Gasteiger partial charge is 0.340 e. The second-order valence-corrected chi connectivity index (χ2v) is 6.10. The Balaban J connectivity index is 1.84. The molecule has 0 saturated carbocycles. The first kappa shape index (κ1) is 18.3. The SMILES string of the molecule is COc1ccccc1CNC(=O)Cc1c(C)c2c(O)cc(O)cc2oc1=O. The largest absolute Gasteiger partial charge is 0.508 e. The van der Waals surface area contributed by atoms with Crippen LogP contribution in [-0.2, 0) is 17.8 Å². The van der Waals surface area contributed by atoms with Gasteiger partial charge in [-0.05, 0) is 18.6 Å². The summed E-state index contributed by atoms with van der Waals surface area (Å²) in [6, 6.07) is 9.69. The fraction of sp³-hybridized carbons (Fsp3) is 0.200. The number of rotatable bonds is 5. The zero-order valence-corrected chi connectivity index (χ0v) is 14.9. The van der Waals surface area contributed by atoms with Crippen LogP contribution in [0.2, 0.25) is 0 Å². The molecule has 27 heavy (non-hydrogen) atoms. The fourth-order valence-corrected chi connectivity index (χ4v) is 2.98. The van der Waals surface area contributed by atoms with Gasteiger partial charge in [-0.15, -0.1) is 0 Å². The van der Waals surface area contributed by atoms with Crippen LogP contribution >= 0.6 is 0 Å². The van der Waals surface area contributed by atoms with Gasteiger partial charge in [0.2, 0.25) is 5.91 Å². The molecule has 0 aliphatic rings. The topological polar surface area (TPSA) is 109 Å². The summed E-state index contributed by atoms with van der Waals surface area (Å²) in [4.78, 5) is 24.6. The van der Waals surface area contributed by atoms with E-state index in [1.165, 1.54) is 6.07 Å². The molecule has 0 fully saturated rings. The van der Waals surface area contributed by atoms with Crippen molar-refractivity contribution in [2.45, 2.75) is 19.9 Å². The van der Waals surface area contributed by atoms with Crippen molar-refractivity contribution in [2.24, 2.45) is 0 Å². The van der Waals surface area contributed by atoms with Gasteiger partial charge in [-0.2, -0.15) is 0 Å². The molecule has 3 aromatic rings. The maximum Gasteiger partial charge on any atom is 0.340 e. The van der Waals surface area contributed by atoms with Crippen molar-refractivity contribution in [3.63, 3.8) is 0 Å². The van der Waals surface area contributed by atoms with E-state index in [4.69, 9.17) is 9.15 Å². The lowest BCUT2D eigenvalue weighted by Crippen LogP contribution is -2.27. The molecule has 0 bridgehead atoms. The molecular formula is C20H19NO6. The standard InChI is InChI=1S/C20H19NO6/c1-11-14(20(25)27-17-8-13(22)7-15(23)19(11)17)9-18(24)21-10-12-5-3-4-6-16(12)26-2/h3-8,22-23H,9-10H2,1-2H3,(H,21,24). The highest BCUT2D eigenvalue weighted by Gasteiger charge is 2.18. The molecule has 1 amide bonds. The van der Waals surface area contributed by atoms with Crippen LogP contribution in [0, 0.1) is 6.92 Å². The van der Waals surface area contributed by atoms with Crippen molar-refractivity contribution >= 4 is 16.9 Å². The molecule has 3 rings (SSSR count). The first-order valence-electron chi connectivity index (χ1n) is 8.27. The lowest BCUT2D eigenvalue weighted by Gasteiger charge is -2.11. The lowest BCUT2D eigenvalue weighted by atomic mass is 10.0. The maximum atomic E-state index is 12.3. The molecule has 0 radical (unpaired) electrons. The minimum Gasteiger partial charge on any atom is -0.508 e. The summed E-state index contributed by atoms with van der Waals surface area (Å²) >= 11 is 0. The van der Waals surface area contributed by atoms with E-state index in [1.54, 1.807) is 20.1 Å². The van der Waals surface area contributed by atoms with Crippen LogP contribution in [0.5, 0.6) is 17.2 Å². The quantitative estimate of drug-likeness (QED) is 0.596. The number of carbonyl (C=O) groups is 1. The van der Waals surface area contributed by atoms with Crippen molar-refractivity contribution in [3.8, 4) is 17.2 Å². The molecule has 7 heteroatoms. The molecule has 1 heterocycles. The molecular weight excluding hydrogens is 350 g/mol. The average molecular weight is 369 g/mol. The van der Waals surface area contributed by atoms with Gasteiger partial charge in [0.05, 0.1) is 24.5 Å². The van der Waals surface area contributed by atoms with Gasteiger partial charge in [-0.25, -0.2) is 4.79 Å². The third kappa shape index (κ3) is 3.72. The summed E-state index contributed by atoms with van der Waals surface area (Å²) in [5, 5.41) is 22.6. The van der Waals surface area contributed by atoms with Crippen LogP contribution in [0.15, 0.2) is 45.6 Å². The van der Waals surface area contributed by atoms with Gasteiger partial charge in [0.15, 0.2) is 0 Å². The van der Waals surface area contributed by atoms with Crippen LogP contribution in [0.1, 0.15) is 16.7 Å². The number of hydrogen-bond acceptors (Lipinski definition) is 6. The van der Waals surface area contributed by atoms with E-state index in [2.05, 4.69) is 5.32 Å². The van der Waals surface area contributed by atoms with Gasteiger partial charge in [0, 0.05) is 24.2 Å². The van der Waals surface area contributed by atoms with Crippen molar-refractivity contribution in [2.75, 3.05) is 7.11 Å². The molecule has 0 atom stereocenters. The third-order valence-corrected chi connectivity index (χ3v) is 4.35. The molecule has 2 aromatic carbocycles. The molecule has 7 nitrogen and oxygen atoms in total. The number of para-hydroxylation sites is 1. The molecule has 140 valence electrons. The average Bonchev–Trinajstić information content (AvgIpc) is 2.62. The Morgan fingerprint density at radius 3 is 2.70 bits per heavy atom. The summed E-state index contributed by atoms with van der Waals surface area (Å²) < 4.78 is 10.4. The zero-order valence-electron chi connectivity index (χ0n) is 14.9. The number of phenols is 2. The first-order valence-corrected chi connectivity index (χ1v) is 8.27. The van der Waals surface area contributed by atoms with Crippen LogP contribution in [0.3, 0.4) is 0 Å². The number of nitrogens with one attached hydrogen (secondary N) is 1. The number of carbonyl (C=O) groups excluding carboxylic acids is 1. The fourth-order valence-electron chi connectivity index (χ4n) is 2.98. The van der Waals surface area contributed by atoms with E-state index in [0.717, 1.165) is 11.6 Å². The van der Waals surface area contributed by atoms with Crippen molar-refractivity contribution in [3.05, 3.63) is 63.5 Å². The number of benzene rings is 2. The second kappa shape index (κ2) is 7.41. The van der Waals surface area contributed by atoms with E-state index in [-0.39, 0.29) is 41.5 Å². The van der Waals surface area contributed by atoms with E-state index in [1.807, 2.05) is 18.2 Å². The van der Waals surface area contributed by atoms with Gasteiger partial charge in [0.1, 0.15) is 22.8 Å². The third-order valence-electron chi connectivity index (χ3n) is 4.35. The molecule has 0 unspecified atom stereocenters. The van der Waals surface area contributed by atoms with Crippen LogP contribution < -0.4 is 15.7 Å². The number of hydrogen-bond donors (Lipinski definition) is 3. The van der Waals surface area contributed by atoms with E-state index in [9.17, 15) is 19.8 Å². The second-order valence-electron chi connectivity index (χ2n) is 6.10. The predicted octanol–water partition coefficient (Wildman–Crippen LogP) is 2.38. The number of aromatic hydroxyl groups is 2. The summed E-state index contributed by atoms with van der Waals surface area (Å²) in [7, 11) is 1.55. The molecule has 3 N–H and O–H groups in total. The lowest BCUT2D eigenvalue weighted by molar-refractivity contribution is -0.120. The molecule has 0 aliphatic carbocycles. The Bertz CT molecular complexity index is 1070. The van der Waals surface area contributed by atoms with Crippen LogP contribution in [0.4, 0.5) is 0 Å². The molecule has 1 aromatic heterocycles. The van der Waals surface area contributed by atoms with E-state index >= 15 is 0 Å². The summed E-state index contributed by atoms with van der Waals surface area (Å²) in [6.07, 6.45) is -0.195. The maximum absolute atomic E-state index is 12.3. The number of aryl methyl sites for hydroxylation is 1. The first-order chi connectivity index (χ1) is 12.9. The molecule has 0 saturated heterocycles. The van der Waals surface area contributed by atoms with Crippen LogP contribution in [-0.4, -0.2) is 23.2 Å². The number of methoxy groups -OCH3 is 1. The number of phenolic OH excluding ortho intramolecular Hbond substituents is 2. The Kier molecular flexibility index (Phi) is 5.03. The van der Waals surface area contributed by atoms with E-state index < -0.39 is 5.63 Å². The highest BCUT2D eigenvalue weighted by Crippen LogP contribution is 2.32. The van der Waals surface area contributed by atoms with Gasteiger partial charge in [-0.3, -0.25) is 4.79 Å². The number of fused-ring (bicyclic) bond motifs is 1. The number of ether oxygens (including phenoxy) is 1. The van der Waals surface area contributed by atoms with Crippen molar-refractivity contribution in [1.29, 1.82) is 0 Å². The van der Waals surface area contributed by atoms with Crippen LogP contribution in [0.25, 0.3) is 11.0 Å². The summed E-state index contributed by atoms with van der Waals surface area (Å²) in [6.45, 7) is 1.87. The Labute approximate surface area is 154 Å². The zero-order chi connectivity index (χ0) is 19.6. The van der Waals surface area contributed by atoms with Gasteiger partial charge in [-0.1, -0.05) is 18.2 Å². The van der Waals surface area contributed by atoms with Crippen molar-refractivity contribution in [1.82, 2.24) is 5.32 Å². The molecule has 0 aliphatic heterocycles. The Morgan fingerprint density at radius 1 is 1.22 bits per heavy atom. The van der Waals surface area contributed by atoms with E-state index in [0.29, 0.717) is 16.7 Å². The Hall–Kier alpha value is -3.48. The van der Waals surface area contributed by atoms with Gasteiger partial charge < -0.3 is 24.7 Å². The highest BCUT2D eigenvalue weighted by molar-refractivity contribution is 5.90. The van der Waals surface area contributed by atoms with Gasteiger partial charge >= 0.3 is 5.63 Å². The minimum absolute atomic E-state index is 0.0631. The number of amides is 1. The Morgan fingerprint density at radius 2 is 1.96 bits per heavy atom. The highest BCUT2D eigenvalue weighted by atomic mass is 16.5. The summed E-state index contributed by atoms with van der Waals surface area (Å²) in [5.41, 5.74) is 0.779. The predicted molar refractivity (Wildman–Crippen MR) is 99.1 cm³/mol. The molecule has 0 spiro atoms. The normalized spacial score (nSPS) is 10.7.